The Bertz CT molecular complexity index is 1000. The minimum atomic E-state index is -1.05. The summed E-state index contributed by atoms with van der Waals surface area (Å²) in [4.78, 5) is 32.6. The van der Waals surface area contributed by atoms with Crippen LogP contribution in [0.2, 0.25) is 0 Å². The van der Waals surface area contributed by atoms with E-state index < -0.39 is 12.6 Å². The average molecular weight is 460 g/mol. The Morgan fingerprint density at radius 2 is 2.06 bits per heavy atom. The van der Waals surface area contributed by atoms with Crippen molar-refractivity contribution in [2.75, 3.05) is 17.7 Å². The molecule has 10 heteroatoms. The minimum absolute atomic E-state index is 0.0154. The number of carbonyl (C=O) groups excluding carboxylic acids is 1. The number of alkyl halides is 1. The van der Waals surface area contributed by atoms with Crippen molar-refractivity contribution in [3.63, 3.8) is 0 Å². The Hall–Kier alpha value is -3.27. The van der Waals surface area contributed by atoms with E-state index in [1.54, 1.807) is 12.1 Å². The normalized spacial score (nSPS) is 17.7. The number of hydrogen-bond donors (Lipinski definition) is 4. The summed E-state index contributed by atoms with van der Waals surface area (Å²) < 4.78 is 18.7. The SMILES string of the molecule is COCc1cc(Nc2ncc(CF)c(N[C@@H]3CCC[C@@H]3C(=O)NC(C)C)n2)ccc1C(=O)O. The van der Waals surface area contributed by atoms with Gasteiger partial charge < -0.3 is 25.8 Å². The number of carboxylic acids is 1. The molecule has 1 saturated carbocycles. The molecule has 33 heavy (non-hydrogen) atoms. The second-order valence-electron chi connectivity index (χ2n) is 8.39. The van der Waals surface area contributed by atoms with Gasteiger partial charge in [-0.3, -0.25) is 4.79 Å². The van der Waals surface area contributed by atoms with Crippen LogP contribution in [0.25, 0.3) is 0 Å². The van der Waals surface area contributed by atoms with Crippen molar-refractivity contribution in [2.24, 2.45) is 5.92 Å². The van der Waals surface area contributed by atoms with E-state index in [0.29, 0.717) is 22.6 Å². The number of nitrogens with one attached hydrogen (secondary N) is 3. The van der Waals surface area contributed by atoms with Crippen LogP contribution < -0.4 is 16.0 Å². The summed E-state index contributed by atoms with van der Waals surface area (Å²) in [5, 5.41) is 18.6. The van der Waals surface area contributed by atoms with Crippen molar-refractivity contribution in [3.05, 3.63) is 41.1 Å². The molecule has 1 aromatic heterocycles. The number of aromatic carboxylic acids is 1. The number of ether oxygens (including phenoxy) is 1. The van der Waals surface area contributed by atoms with Crippen molar-refractivity contribution >= 4 is 29.3 Å². The largest absolute Gasteiger partial charge is 0.478 e. The Morgan fingerprint density at radius 3 is 2.73 bits per heavy atom. The number of rotatable bonds is 10. The van der Waals surface area contributed by atoms with E-state index >= 15 is 0 Å². The van der Waals surface area contributed by atoms with Gasteiger partial charge >= 0.3 is 5.97 Å². The number of hydrogen-bond acceptors (Lipinski definition) is 7. The van der Waals surface area contributed by atoms with Gasteiger partial charge in [-0.1, -0.05) is 6.42 Å². The molecule has 1 fully saturated rings. The molecule has 3 rings (SSSR count). The van der Waals surface area contributed by atoms with E-state index in [0.717, 1.165) is 19.3 Å². The van der Waals surface area contributed by atoms with Crippen LogP contribution in [0.4, 0.5) is 21.8 Å². The van der Waals surface area contributed by atoms with Crippen molar-refractivity contribution in [1.29, 1.82) is 0 Å². The topological polar surface area (TPSA) is 125 Å². The Kier molecular flexibility index (Phi) is 8.16. The third-order valence-electron chi connectivity index (χ3n) is 5.51. The highest BCUT2D eigenvalue weighted by Crippen LogP contribution is 2.30. The van der Waals surface area contributed by atoms with E-state index in [9.17, 15) is 19.1 Å². The summed E-state index contributed by atoms with van der Waals surface area (Å²) in [5.41, 5.74) is 1.52. The number of benzene rings is 1. The maximum atomic E-state index is 13.6. The molecule has 9 nitrogen and oxygen atoms in total. The van der Waals surface area contributed by atoms with Crippen molar-refractivity contribution < 1.29 is 23.8 Å². The van der Waals surface area contributed by atoms with Crippen LogP contribution in [0.1, 0.15) is 54.6 Å². The predicted molar refractivity (Wildman–Crippen MR) is 122 cm³/mol. The van der Waals surface area contributed by atoms with Gasteiger partial charge in [-0.05, 0) is 50.5 Å². The Morgan fingerprint density at radius 1 is 1.27 bits per heavy atom. The van der Waals surface area contributed by atoms with Crippen LogP contribution in [-0.4, -0.2) is 46.1 Å². The summed E-state index contributed by atoms with van der Waals surface area (Å²) in [6.07, 6.45) is 3.84. The molecule has 1 aliphatic carbocycles. The van der Waals surface area contributed by atoms with Gasteiger partial charge in [0.15, 0.2) is 0 Å². The molecule has 0 unspecified atom stereocenters. The van der Waals surface area contributed by atoms with E-state index in [1.807, 2.05) is 13.8 Å². The first-order chi connectivity index (χ1) is 15.8. The van der Waals surface area contributed by atoms with Gasteiger partial charge in [-0.2, -0.15) is 4.98 Å². The molecule has 1 aliphatic rings. The van der Waals surface area contributed by atoms with Crippen LogP contribution in [0.15, 0.2) is 24.4 Å². The Labute approximate surface area is 192 Å². The van der Waals surface area contributed by atoms with Crippen molar-refractivity contribution in [2.45, 2.75) is 58.5 Å². The summed E-state index contributed by atoms with van der Waals surface area (Å²) in [5.74, 6) is -0.716. The summed E-state index contributed by atoms with van der Waals surface area (Å²) in [7, 11) is 1.49. The number of halogens is 1. The lowest BCUT2D eigenvalue weighted by molar-refractivity contribution is -0.125. The second kappa shape index (κ2) is 11.0. The monoisotopic (exact) mass is 459 g/mol. The molecule has 0 bridgehead atoms. The van der Waals surface area contributed by atoms with Crippen molar-refractivity contribution in [1.82, 2.24) is 15.3 Å². The molecule has 1 heterocycles. The predicted octanol–water partition coefficient (Wildman–Crippen LogP) is 3.64. The summed E-state index contributed by atoms with van der Waals surface area (Å²) >= 11 is 0. The molecular weight excluding hydrogens is 429 g/mol. The third kappa shape index (κ3) is 6.16. The lowest BCUT2D eigenvalue weighted by Gasteiger charge is -2.23. The van der Waals surface area contributed by atoms with E-state index in [4.69, 9.17) is 4.74 Å². The molecule has 4 N–H and O–H groups in total. The maximum Gasteiger partial charge on any atom is 0.336 e. The van der Waals surface area contributed by atoms with Crippen LogP contribution in [0.3, 0.4) is 0 Å². The summed E-state index contributed by atoms with van der Waals surface area (Å²) in [6, 6.07) is 4.62. The lowest BCUT2D eigenvalue weighted by atomic mass is 10.0. The van der Waals surface area contributed by atoms with Crippen LogP contribution in [0, 0.1) is 5.92 Å². The molecule has 1 aromatic carbocycles. The van der Waals surface area contributed by atoms with Gasteiger partial charge in [0.1, 0.15) is 12.5 Å². The van der Waals surface area contributed by atoms with Gasteiger partial charge in [-0.25, -0.2) is 14.2 Å². The van der Waals surface area contributed by atoms with Crippen LogP contribution >= 0.6 is 0 Å². The van der Waals surface area contributed by atoms with Gasteiger partial charge in [0.25, 0.3) is 0 Å². The highest BCUT2D eigenvalue weighted by Gasteiger charge is 2.33. The van der Waals surface area contributed by atoms with E-state index in [1.165, 1.54) is 19.4 Å². The van der Waals surface area contributed by atoms with Crippen LogP contribution in [-0.2, 0) is 22.8 Å². The zero-order valence-corrected chi connectivity index (χ0v) is 19.0. The first-order valence-corrected chi connectivity index (χ1v) is 10.9. The average Bonchev–Trinajstić information content (AvgIpc) is 3.22. The third-order valence-corrected chi connectivity index (χ3v) is 5.51. The number of carboxylic acid groups (broad SMARTS) is 1. The van der Waals surface area contributed by atoms with Gasteiger partial charge in [0.05, 0.1) is 18.1 Å². The molecule has 1 amide bonds. The van der Waals surface area contributed by atoms with E-state index in [2.05, 4.69) is 25.9 Å². The summed E-state index contributed by atoms with van der Waals surface area (Å²) in [6.45, 7) is 3.22. The highest BCUT2D eigenvalue weighted by molar-refractivity contribution is 5.90. The number of methoxy groups -OCH3 is 1. The molecule has 0 saturated heterocycles. The number of carbonyl (C=O) groups is 2. The highest BCUT2D eigenvalue weighted by atomic mass is 19.1. The number of aromatic nitrogens is 2. The number of nitrogens with zero attached hydrogens (tertiary/aromatic N) is 2. The molecular formula is C23H30FN5O4. The fraction of sp³-hybridized carbons (Fsp3) is 0.478. The van der Waals surface area contributed by atoms with E-state index in [-0.39, 0.29) is 42.0 Å². The van der Waals surface area contributed by atoms with Gasteiger partial charge in [0.2, 0.25) is 11.9 Å². The first-order valence-electron chi connectivity index (χ1n) is 10.9. The van der Waals surface area contributed by atoms with Crippen molar-refractivity contribution in [3.8, 4) is 0 Å². The minimum Gasteiger partial charge on any atom is -0.478 e. The lowest BCUT2D eigenvalue weighted by Crippen LogP contribution is -2.41. The number of anilines is 3. The number of amides is 1. The van der Waals surface area contributed by atoms with Gasteiger partial charge in [-0.15, -0.1) is 0 Å². The zero-order valence-electron chi connectivity index (χ0n) is 19.0. The fourth-order valence-corrected chi connectivity index (χ4v) is 3.99. The molecule has 0 spiro atoms. The van der Waals surface area contributed by atoms with Crippen LogP contribution in [0.5, 0.6) is 0 Å². The van der Waals surface area contributed by atoms with Gasteiger partial charge in [0, 0.05) is 36.6 Å². The zero-order chi connectivity index (χ0) is 24.0. The molecule has 0 aliphatic heterocycles. The molecule has 2 atom stereocenters. The molecule has 0 radical (unpaired) electrons. The molecule has 2 aromatic rings. The second-order valence-corrected chi connectivity index (χ2v) is 8.39. The quantitative estimate of drug-likeness (QED) is 0.424. The molecule has 178 valence electrons. The first kappa shape index (κ1) is 24.4. The smallest absolute Gasteiger partial charge is 0.336 e. The standard InChI is InChI=1S/C23H30FN5O4/c1-13(2)26-21(30)18-5-4-6-19(18)28-20-15(10-24)11-25-23(29-20)27-16-7-8-17(22(31)32)14(9-16)12-33-3/h7-9,11,13,18-19H,4-6,10,12H2,1-3H3,(H,26,30)(H,31,32)(H2,25,27,28,29)/t18-,19+/m0/s1. The Balaban J connectivity index is 1.80. The fourth-order valence-electron chi connectivity index (χ4n) is 3.99. The maximum absolute atomic E-state index is 13.6.